The molecule has 114 valence electrons. The van der Waals surface area contributed by atoms with E-state index in [2.05, 4.69) is 4.18 Å². The molecule has 0 amide bonds. The van der Waals surface area contributed by atoms with Gasteiger partial charge in [-0.25, -0.2) is 12.6 Å². The quantitative estimate of drug-likeness (QED) is 0.711. The summed E-state index contributed by atoms with van der Waals surface area (Å²) in [7, 11) is -5.87. The molecule has 0 aliphatic heterocycles. The van der Waals surface area contributed by atoms with E-state index in [4.69, 9.17) is 14.0 Å². The maximum atomic E-state index is 12.1. The average Bonchev–Trinajstić information content (AvgIpc) is 2.36. The molecule has 0 aromatic heterocycles. The van der Waals surface area contributed by atoms with E-state index in [1.807, 2.05) is 0 Å². The molecule has 10 heteroatoms. The van der Waals surface area contributed by atoms with E-state index in [9.17, 15) is 16.8 Å². The van der Waals surface area contributed by atoms with Gasteiger partial charge in [0.25, 0.3) is 0 Å². The molecule has 20 heavy (non-hydrogen) atoms. The number of ether oxygens (including phenoxy) is 2. The van der Waals surface area contributed by atoms with Crippen LogP contribution in [0.1, 0.15) is 0 Å². The summed E-state index contributed by atoms with van der Waals surface area (Å²) < 4.78 is 67.1. The monoisotopic (exact) mass is 326 g/mol. The Balaban J connectivity index is 3.02. The van der Waals surface area contributed by atoms with Crippen molar-refractivity contribution in [2.24, 2.45) is 0 Å². The Kier molecular flexibility index (Phi) is 5.34. The lowest BCUT2D eigenvalue weighted by Gasteiger charge is -2.10. The molecule has 0 fully saturated rings. The molecule has 0 spiro atoms. The molecular weight excluding hydrogens is 312 g/mol. The summed E-state index contributed by atoms with van der Waals surface area (Å²) in [6.45, 7) is -0.707. The summed E-state index contributed by atoms with van der Waals surface area (Å²) in [5.74, 6) is -0.242. The van der Waals surface area contributed by atoms with Crippen LogP contribution in [0.2, 0.25) is 0 Å². The van der Waals surface area contributed by atoms with Crippen molar-refractivity contribution in [2.45, 2.75) is 4.90 Å². The summed E-state index contributed by atoms with van der Waals surface area (Å²) in [4.78, 5) is -0.154. The van der Waals surface area contributed by atoms with Crippen molar-refractivity contribution in [1.29, 1.82) is 0 Å². The predicted molar refractivity (Wildman–Crippen MR) is 69.1 cm³/mol. The fourth-order valence-corrected chi connectivity index (χ4v) is 3.06. The summed E-state index contributed by atoms with van der Waals surface area (Å²) in [6.07, 6.45) is 0. The van der Waals surface area contributed by atoms with Crippen molar-refractivity contribution in [1.82, 2.24) is 0 Å². The Bertz CT molecular complexity index is 662. The van der Waals surface area contributed by atoms with Gasteiger partial charge in [-0.1, -0.05) is 0 Å². The number of hydrogen-bond acceptors (Lipinski definition) is 7. The van der Waals surface area contributed by atoms with Crippen LogP contribution in [0.3, 0.4) is 0 Å². The van der Waals surface area contributed by atoms with Gasteiger partial charge in [0.2, 0.25) is 0 Å². The fraction of sp³-hybridized carbons (Fsp3) is 0.400. The van der Waals surface area contributed by atoms with Crippen LogP contribution >= 0.6 is 0 Å². The number of rotatable bonds is 7. The summed E-state index contributed by atoms with van der Waals surface area (Å²) in [5.41, 5.74) is 0. The first-order chi connectivity index (χ1) is 9.19. The topological polar surface area (TPSA) is 116 Å². The van der Waals surface area contributed by atoms with E-state index < -0.39 is 32.6 Å². The predicted octanol–water partition coefficient (Wildman–Crippen LogP) is 0.297. The third-order valence-electron chi connectivity index (χ3n) is 2.29. The SMILES string of the molecule is COc1ccc(OC)c(S(=O)(=O)CCOS(=O)(=O)O)c1. The van der Waals surface area contributed by atoms with Gasteiger partial charge in [0, 0.05) is 6.07 Å². The van der Waals surface area contributed by atoms with Crippen molar-refractivity contribution in [3.63, 3.8) is 0 Å². The molecule has 0 saturated carbocycles. The highest BCUT2D eigenvalue weighted by atomic mass is 32.3. The average molecular weight is 326 g/mol. The van der Waals surface area contributed by atoms with E-state index in [0.29, 0.717) is 5.75 Å². The van der Waals surface area contributed by atoms with Gasteiger partial charge in [-0.15, -0.1) is 0 Å². The smallest absolute Gasteiger partial charge is 0.397 e. The number of hydrogen-bond donors (Lipinski definition) is 1. The standard InChI is InChI=1S/C10H14O8S2/c1-16-8-3-4-9(17-2)10(7-8)19(11,12)6-5-18-20(13,14)15/h3-4,7H,5-6H2,1-2H3,(H,13,14,15). The third-order valence-corrected chi connectivity index (χ3v) is 4.45. The molecule has 0 saturated heterocycles. The summed E-state index contributed by atoms with van der Waals surface area (Å²) in [6, 6.07) is 4.18. The summed E-state index contributed by atoms with van der Waals surface area (Å²) in [5, 5.41) is 0. The van der Waals surface area contributed by atoms with Gasteiger partial charge < -0.3 is 9.47 Å². The van der Waals surface area contributed by atoms with Crippen LogP contribution < -0.4 is 9.47 Å². The second-order valence-corrected chi connectivity index (χ2v) is 6.75. The molecule has 0 bridgehead atoms. The van der Waals surface area contributed by atoms with Crippen molar-refractivity contribution in [2.75, 3.05) is 26.6 Å². The van der Waals surface area contributed by atoms with Crippen LogP contribution in [0.15, 0.2) is 23.1 Å². The lowest BCUT2D eigenvalue weighted by molar-refractivity contribution is 0.284. The van der Waals surface area contributed by atoms with Crippen LogP contribution in [0.4, 0.5) is 0 Å². The third kappa shape index (κ3) is 4.63. The Hall–Kier alpha value is -1.36. The lowest BCUT2D eigenvalue weighted by atomic mass is 10.3. The molecule has 0 aliphatic rings. The van der Waals surface area contributed by atoms with Gasteiger partial charge in [0.05, 0.1) is 26.6 Å². The number of sulfone groups is 1. The van der Waals surface area contributed by atoms with Gasteiger partial charge in [-0.05, 0) is 12.1 Å². The van der Waals surface area contributed by atoms with Crippen molar-refractivity contribution < 1.29 is 35.0 Å². The number of methoxy groups -OCH3 is 2. The first-order valence-corrected chi connectivity index (χ1v) is 8.28. The van der Waals surface area contributed by atoms with E-state index >= 15 is 0 Å². The van der Waals surface area contributed by atoms with Gasteiger partial charge in [0.15, 0.2) is 9.84 Å². The van der Waals surface area contributed by atoms with Crippen LogP contribution in [-0.4, -0.2) is 48.0 Å². The molecule has 1 rings (SSSR count). The molecule has 0 unspecified atom stereocenters. The zero-order valence-corrected chi connectivity index (χ0v) is 12.4. The minimum absolute atomic E-state index is 0.0951. The molecule has 0 radical (unpaired) electrons. The Morgan fingerprint density at radius 1 is 1.10 bits per heavy atom. The first kappa shape index (κ1) is 16.7. The van der Waals surface area contributed by atoms with Gasteiger partial charge in [-0.3, -0.25) is 4.55 Å². The van der Waals surface area contributed by atoms with Gasteiger partial charge in [0.1, 0.15) is 16.4 Å². The molecule has 0 aliphatic carbocycles. The molecule has 8 nitrogen and oxygen atoms in total. The minimum atomic E-state index is -4.68. The van der Waals surface area contributed by atoms with Crippen LogP contribution in [0.5, 0.6) is 11.5 Å². The Morgan fingerprint density at radius 3 is 2.25 bits per heavy atom. The fourth-order valence-electron chi connectivity index (χ4n) is 1.39. The van der Waals surface area contributed by atoms with Gasteiger partial charge >= 0.3 is 10.4 Å². The van der Waals surface area contributed by atoms with Crippen LogP contribution in [-0.2, 0) is 24.4 Å². The largest absolute Gasteiger partial charge is 0.497 e. The molecule has 0 heterocycles. The van der Waals surface area contributed by atoms with E-state index in [0.717, 1.165) is 0 Å². The van der Waals surface area contributed by atoms with Crippen molar-refractivity contribution in [3.05, 3.63) is 18.2 Å². The highest BCUT2D eigenvalue weighted by Gasteiger charge is 2.21. The number of benzene rings is 1. The van der Waals surface area contributed by atoms with E-state index in [1.54, 1.807) is 0 Å². The normalized spacial score (nSPS) is 12.2. The molecule has 1 aromatic rings. The van der Waals surface area contributed by atoms with E-state index in [-0.39, 0.29) is 10.6 Å². The molecular formula is C10H14O8S2. The van der Waals surface area contributed by atoms with Gasteiger partial charge in [-0.2, -0.15) is 8.42 Å². The lowest BCUT2D eigenvalue weighted by Crippen LogP contribution is -2.16. The van der Waals surface area contributed by atoms with Crippen molar-refractivity contribution in [3.8, 4) is 11.5 Å². The zero-order valence-electron chi connectivity index (χ0n) is 10.8. The second-order valence-electron chi connectivity index (χ2n) is 3.59. The highest BCUT2D eigenvalue weighted by molar-refractivity contribution is 7.91. The molecule has 1 N–H and O–H groups in total. The van der Waals surface area contributed by atoms with E-state index in [1.165, 1.54) is 32.4 Å². The molecule has 1 aromatic carbocycles. The molecule has 0 atom stereocenters. The highest BCUT2D eigenvalue weighted by Crippen LogP contribution is 2.28. The second kappa shape index (κ2) is 6.39. The minimum Gasteiger partial charge on any atom is -0.497 e. The maximum absolute atomic E-state index is 12.1. The van der Waals surface area contributed by atoms with Crippen molar-refractivity contribution >= 4 is 20.2 Å². The Labute approximate surface area is 117 Å². The zero-order chi connectivity index (χ0) is 15.4. The maximum Gasteiger partial charge on any atom is 0.397 e. The Morgan fingerprint density at radius 2 is 1.75 bits per heavy atom. The first-order valence-electron chi connectivity index (χ1n) is 5.26. The van der Waals surface area contributed by atoms with Crippen LogP contribution in [0, 0.1) is 0 Å². The summed E-state index contributed by atoms with van der Waals surface area (Å²) >= 11 is 0. The van der Waals surface area contributed by atoms with Crippen LogP contribution in [0.25, 0.3) is 0 Å².